The first-order valence-corrected chi connectivity index (χ1v) is 5.14. The smallest absolute Gasteiger partial charge is 0.236 e. The van der Waals surface area contributed by atoms with Crippen molar-refractivity contribution in [1.29, 1.82) is 0 Å². The summed E-state index contributed by atoms with van der Waals surface area (Å²) >= 11 is 1.70. The average molecular weight is 198 g/mol. The molecule has 0 fully saturated rings. The van der Waals surface area contributed by atoms with Crippen molar-refractivity contribution in [2.24, 2.45) is 5.73 Å². The Bertz CT molecular complexity index is 257. The highest BCUT2D eigenvalue weighted by Gasteiger charge is 2.05. The predicted molar refractivity (Wildman–Crippen MR) is 54.7 cm³/mol. The van der Waals surface area contributed by atoms with Crippen molar-refractivity contribution in [2.75, 3.05) is 6.54 Å². The van der Waals surface area contributed by atoms with Crippen LogP contribution in [0, 0.1) is 0 Å². The van der Waals surface area contributed by atoms with Crippen LogP contribution in [-0.4, -0.2) is 18.5 Å². The highest BCUT2D eigenvalue weighted by atomic mass is 32.1. The molecule has 0 bridgehead atoms. The lowest BCUT2D eigenvalue weighted by atomic mass is 10.3. The van der Waals surface area contributed by atoms with Gasteiger partial charge in [0.1, 0.15) is 0 Å². The van der Waals surface area contributed by atoms with Crippen LogP contribution < -0.4 is 11.1 Å². The fourth-order valence-electron chi connectivity index (χ4n) is 0.925. The summed E-state index contributed by atoms with van der Waals surface area (Å²) in [6.07, 6.45) is 0.885. The zero-order valence-corrected chi connectivity index (χ0v) is 8.43. The van der Waals surface area contributed by atoms with Gasteiger partial charge in [0.2, 0.25) is 5.91 Å². The van der Waals surface area contributed by atoms with E-state index >= 15 is 0 Å². The second-order valence-corrected chi connectivity index (χ2v) is 3.94. The van der Waals surface area contributed by atoms with Crippen LogP contribution in [0.4, 0.5) is 0 Å². The summed E-state index contributed by atoms with van der Waals surface area (Å²) in [5.41, 5.74) is 5.39. The number of carbonyl (C=O) groups is 1. The molecule has 0 aliphatic heterocycles. The Kier molecular flexibility index (Phi) is 3.92. The molecule has 3 nitrogen and oxygen atoms in total. The van der Waals surface area contributed by atoms with Crippen molar-refractivity contribution in [1.82, 2.24) is 5.32 Å². The Morgan fingerprint density at radius 2 is 2.54 bits per heavy atom. The summed E-state index contributed by atoms with van der Waals surface area (Å²) in [5.74, 6) is -0.0865. The molecule has 72 valence electrons. The number of nitrogens with two attached hydrogens (primary N) is 1. The van der Waals surface area contributed by atoms with E-state index in [1.165, 1.54) is 4.88 Å². The van der Waals surface area contributed by atoms with Crippen molar-refractivity contribution in [2.45, 2.75) is 19.4 Å². The topological polar surface area (TPSA) is 55.1 Å². The predicted octanol–water partition coefficient (Wildman–Crippen LogP) is 0.754. The van der Waals surface area contributed by atoms with E-state index in [-0.39, 0.29) is 5.91 Å². The van der Waals surface area contributed by atoms with E-state index in [9.17, 15) is 4.79 Å². The van der Waals surface area contributed by atoms with Gasteiger partial charge in [0.05, 0.1) is 6.04 Å². The molecule has 1 rings (SSSR count). The maximum atomic E-state index is 11.0. The zero-order chi connectivity index (χ0) is 9.68. The summed E-state index contributed by atoms with van der Waals surface area (Å²) in [5, 5.41) is 4.79. The number of hydrogen-bond acceptors (Lipinski definition) is 3. The van der Waals surface area contributed by atoms with Gasteiger partial charge < -0.3 is 11.1 Å². The van der Waals surface area contributed by atoms with Crippen molar-refractivity contribution < 1.29 is 4.79 Å². The molecular weight excluding hydrogens is 184 g/mol. The van der Waals surface area contributed by atoms with E-state index in [1.807, 2.05) is 11.4 Å². The fraction of sp³-hybridized carbons (Fsp3) is 0.444. The number of amides is 1. The molecular formula is C9H14N2OS. The molecule has 3 N–H and O–H groups in total. The van der Waals surface area contributed by atoms with E-state index in [1.54, 1.807) is 18.3 Å². The van der Waals surface area contributed by atoms with Crippen LogP contribution in [0.2, 0.25) is 0 Å². The molecule has 13 heavy (non-hydrogen) atoms. The average Bonchev–Trinajstić information content (AvgIpc) is 2.56. The van der Waals surface area contributed by atoms with Crippen molar-refractivity contribution >= 4 is 17.2 Å². The summed E-state index contributed by atoms with van der Waals surface area (Å²) in [6.45, 7) is 2.35. The largest absolute Gasteiger partial charge is 0.354 e. The third-order valence-corrected chi connectivity index (χ3v) is 2.60. The van der Waals surface area contributed by atoms with Gasteiger partial charge in [-0.25, -0.2) is 0 Å². The molecule has 0 unspecified atom stereocenters. The van der Waals surface area contributed by atoms with Gasteiger partial charge in [-0.1, -0.05) is 6.07 Å². The van der Waals surface area contributed by atoms with Crippen LogP contribution in [0.15, 0.2) is 17.5 Å². The maximum Gasteiger partial charge on any atom is 0.236 e. The summed E-state index contributed by atoms with van der Waals surface area (Å²) in [4.78, 5) is 12.3. The van der Waals surface area contributed by atoms with Gasteiger partial charge in [-0.05, 0) is 24.8 Å². The summed E-state index contributed by atoms with van der Waals surface area (Å²) in [7, 11) is 0. The Morgan fingerprint density at radius 1 is 1.77 bits per heavy atom. The molecule has 0 aromatic carbocycles. The van der Waals surface area contributed by atoms with Crippen molar-refractivity contribution in [3.63, 3.8) is 0 Å². The lowest BCUT2D eigenvalue weighted by molar-refractivity contribution is -0.121. The number of rotatable bonds is 4. The van der Waals surface area contributed by atoms with E-state index in [2.05, 4.69) is 11.4 Å². The molecule has 0 radical (unpaired) electrons. The molecule has 1 aromatic rings. The second-order valence-electron chi connectivity index (χ2n) is 2.91. The lowest BCUT2D eigenvalue weighted by Crippen LogP contribution is -2.39. The number of nitrogens with one attached hydrogen (secondary N) is 1. The first-order valence-electron chi connectivity index (χ1n) is 4.26. The third kappa shape index (κ3) is 3.57. The van der Waals surface area contributed by atoms with Gasteiger partial charge in [-0.2, -0.15) is 0 Å². The molecule has 4 heteroatoms. The minimum Gasteiger partial charge on any atom is -0.354 e. The van der Waals surface area contributed by atoms with Crippen LogP contribution in [-0.2, 0) is 11.2 Å². The minimum atomic E-state index is -0.414. The molecule has 0 saturated heterocycles. The van der Waals surface area contributed by atoms with Gasteiger partial charge in [-0.15, -0.1) is 11.3 Å². The molecule has 1 aromatic heterocycles. The lowest BCUT2D eigenvalue weighted by Gasteiger charge is -2.06. The zero-order valence-electron chi connectivity index (χ0n) is 7.62. The first kappa shape index (κ1) is 10.2. The van der Waals surface area contributed by atoms with Crippen LogP contribution >= 0.6 is 11.3 Å². The van der Waals surface area contributed by atoms with Crippen LogP contribution in [0.3, 0.4) is 0 Å². The maximum absolute atomic E-state index is 11.0. The quantitative estimate of drug-likeness (QED) is 0.750. The van der Waals surface area contributed by atoms with E-state index in [0.717, 1.165) is 6.42 Å². The monoisotopic (exact) mass is 198 g/mol. The van der Waals surface area contributed by atoms with E-state index in [0.29, 0.717) is 6.54 Å². The molecule has 1 amide bonds. The van der Waals surface area contributed by atoms with Crippen LogP contribution in [0.1, 0.15) is 11.8 Å². The minimum absolute atomic E-state index is 0.0865. The Morgan fingerprint density at radius 3 is 3.08 bits per heavy atom. The Hall–Kier alpha value is -0.870. The third-order valence-electron chi connectivity index (χ3n) is 1.66. The van der Waals surface area contributed by atoms with Gasteiger partial charge >= 0.3 is 0 Å². The standard InChI is InChI=1S/C9H14N2OS/c1-7(10)9(12)11-5-4-8-3-2-6-13-8/h2-3,6-7H,4-5,10H2,1H3,(H,11,12)/t7-/m0/s1. The molecule has 0 saturated carbocycles. The molecule has 1 atom stereocenters. The number of carbonyl (C=O) groups excluding carboxylic acids is 1. The highest BCUT2D eigenvalue weighted by Crippen LogP contribution is 2.07. The fourth-order valence-corrected chi connectivity index (χ4v) is 1.63. The molecule has 0 spiro atoms. The van der Waals surface area contributed by atoms with Crippen LogP contribution in [0.5, 0.6) is 0 Å². The number of hydrogen-bond donors (Lipinski definition) is 2. The van der Waals surface area contributed by atoms with Gasteiger partial charge in [-0.3, -0.25) is 4.79 Å². The SMILES string of the molecule is C[C@H](N)C(=O)NCCc1cccs1. The summed E-state index contributed by atoms with van der Waals surface area (Å²) in [6, 6.07) is 3.65. The number of thiophene rings is 1. The molecule has 0 aliphatic rings. The normalized spacial score (nSPS) is 12.5. The second kappa shape index (κ2) is 4.99. The summed E-state index contributed by atoms with van der Waals surface area (Å²) < 4.78 is 0. The molecule has 1 heterocycles. The first-order chi connectivity index (χ1) is 6.20. The molecule has 0 aliphatic carbocycles. The Balaban J connectivity index is 2.18. The van der Waals surface area contributed by atoms with E-state index < -0.39 is 6.04 Å². The van der Waals surface area contributed by atoms with Gasteiger partial charge in [0, 0.05) is 11.4 Å². The Labute approximate surface area is 81.9 Å². The van der Waals surface area contributed by atoms with Gasteiger partial charge in [0.25, 0.3) is 0 Å². The van der Waals surface area contributed by atoms with Gasteiger partial charge in [0.15, 0.2) is 0 Å². The highest BCUT2D eigenvalue weighted by molar-refractivity contribution is 7.09. The van der Waals surface area contributed by atoms with Crippen molar-refractivity contribution in [3.8, 4) is 0 Å². The van der Waals surface area contributed by atoms with E-state index in [4.69, 9.17) is 5.73 Å². The van der Waals surface area contributed by atoms with Crippen molar-refractivity contribution in [3.05, 3.63) is 22.4 Å². The van der Waals surface area contributed by atoms with Crippen LogP contribution in [0.25, 0.3) is 0 Å².